The molecule has 0 aliphatic heterocycles. The molecule has 13 heteroatoms. The maximum absolute atomic E-state index is 11.9. The fourth-order valence-corrected chi connectivity index (χ4v) is 11.9. The molecule has 93 heavy (non-hydrogen) atoms. The predicted octanol–water partition coefficient (Wildman–Crippen LogP) is 23.8. The van der Waals surface area contributed by atoms with Crippen molar-refractivity contribution in [2.75, 3.05) is 0 Å². The molecule has 0 aromatic rings. The third-order valence-electron chi connectivity index (χ3n) is 17.9. The smallest absolute Gasteiger partial charge is 0.481 e. The summed E-state index contributed by atoms with van der Waals surface area (Å²) < 4.78 is 9.97. The SMILES string of the molecule is CCCCCCCCCCCCCC(=O)O.CCCCCCCCCCCCCCCCCC(=O)OC(=O)CCCCCCCCCCC.CCCCCCCCCCCCCCCCCC(=O)OC(=O)CCCCCCCCCCCCCCCCC.[Al+3].[Ca+2].[Li+].[Zn+2].[Zn+2]. The quantitative estimate of drug-likeness (QED) is 0.0276. The van der Waals surface area contributed by atoms with Gasteiger partial charge in [-0.1, -0.05) is 420 Å². The van der Waals surface area contributed by atoms with Gasteiger partial charge in [0.1, 0.15) is 0 Å². The van der Waals surface area contributed by atoms with Crippen LogP contribution in [0.15, 0.2) is 0 Å². The van der Waals surface area contributed by atoms with Crippen molar-refractivity contribution in [3.8, 4) is 0 Å². The van der Waals surface area contributed by atoms with Gasteiger partial charge >= 0.3 is 143 Å². The summed E-state index contributed by atoms with van der Waals surface area (Å²) in [6.07, 6.45) is 85.9. The second-order valence-electron chi connectivity index (χ2n) is 27.0. The summed E-state index contributed by atoms with van der Waals surface area (Å²) in [4.78, 5) is 57.7. The first-order chi connectivity index (χ1) is 43.2. The number of hydrogen-bond donors (Lipinski definition) is 1. The zero-order valence-electron chi connectivity index (χ0n) is 64.0. The molecule has 0 saturated carbocycles. The van der Waals surface area contributed by atoms with E-state index < -0.39 is 5.97 Å². The molecule has 0 aromatic heterocycles. The zero-order chi connectivity index (χ0) is 64.8. The number of carboxylic acid groups (broad SMARTS) is 1. The summed E-state index contributed by atoms with van der Waals surface area (Å²) in [6.45, 7) is 11.3. The number of carbonyl (C=O) groups excluding carboxylic acids is 4. The number of carbonyl (C=O) groups is 5. The van der Waals surface area contributed by atoms with E-state index in [1.807, 2.05) is 0 Å². The van der Waals surface area contributed by atoms with Gasteiger partial charge in [0, 0.05) is 32.1 Å². The number of ether oxygens (including phenoxy) is 2. The summed E-state index contributed by atoms with van der Waals surface area (Å²) in [5.74, 6) is -1.96. The monoisotopic (exact) mass is 1450 g/mol. The second kappa shape index (κ2) is 102. The average molecular weight is 1450 g/mol. The maximum Gasteiger partial charge on any atom is 3.00 e. The van der Waals surface area contributed by atoms with Gasteiger partial charge in [0.2, 0.25) is 0 Å². The van der Waals surface area contributed by atoms with Gasteiger partial charge in [0.05, 0.1) is 0 Å². The first kappa shape index (κ1) is 110. The van der Waals surface area contributed by atoms with Crippen LogP contribution in [0.3, 0.4) is 0 Å². The minimum atomic E-state index is -0.657. The molecule has 0 heterocycles. The zero-order valence-corrected chi connectivity index (χ0v) is 73.3. The number of esters is 4. The molecule has 0 unspecified atom stereocenters. The maximum atomic E-state index is 11.9. The van der Waals surface area contributed by atoms with Crippen LogP contribution >= 0.6 is 0 Å². The predicted molar refractivity (Wildman–Crippen MR) is 393 cm³/mol. The molecule has 1 N–H and O–H groups in total. The first-order valence-electron chi connectivity index (χ1n) is 39.9. The van der Waals surface area contributed by atoms with Crippen molar-refractivity contribution >= 4 is 84.9 Å². The molecule has 0 aliphatic carbocycles. The van der Waals surface area contributed by atoms with Crippen molar-refractivity contribution in [2.45, 2.75) is 484 Å². The third kappa shape index (κ3) is 110. The Labute approximate surface area is 658 Å². The van der Waals surface area contributed by atoms with Crippen molar-refractivity contribution < 1.29 is 96.4 Å². The van der Waals surface area contributed by atoms with E-state index in [1.54, 1.807) is 0 Å². The molecule has 0 spiro atoms. The van der Waals surface area contributed by atoms with Crippen molar-refractivity contribution in [3.63, 3.8) is 0 Å². The summed E-state index contributed by atoms with van der Waals surface area (Å²) in [5, 5.41) is 8.46. The van der Waals surface area contributed by atoms with Crippen LogP contribution in [-0.2, 0) is 72.4 Å². The van der Waals surface area contributed by atoms with Crippen LogP contribution in [0.25, 0.3) is 0 Å². The molecule has 0 amide bonds. The molecule has 0 aliphatic rings. The van der Waals surface area contributed by atoms with Gasteiger partial charge in [-0.2, -0.15) is 0 Å². The van der Waals surface area contributed by atoms with Crippen LogP contribution in [0.5, 0.6) is 0 Å². The Kier molecular flexibility index (Phi) is 121. The summed E-state index contributed by atoms with van der Waals surface area (Å²) in [7, 11) is 0. The minimum absolute atomic E-state index is 0. The molecular weight excluding hydrogens is 1290 g/mol. The van der Waals surface area contributed by atoms with Crippen LogP contribution in [0.1, 0.15) is 484 Å². The molecule has 0 saturated heterocycles. The molecule has 524 valence electrons. The van der Waals surface area contributed by atoms with E-state index in [2.05, 4.69) is 34.6 Å². The molecule has 0 fully saturated rings. The van der Waals surface area contributed by atoms with Gasteiger partial charge in [0.15, 0.2) is 0 Å². The molecular formula is C80H156AlCaLiO8Zn2+10. The van der Waals surface area contributed by atoms with Gasteiger partial charge in [-0.3, -0.25) is 24.0 Å². The fraction of sp³-hybridized carbons (Fsp3) is 0.938. The fourth-order valence-electron chi connectivity index (χ4n) is 11.9. The summed E-state index contributed by atoms with van der Waals surface area (Å²) in [5.41, 5.74) is 0. The Balaban J connectivity index is -0.000000203. The molecule has 0 aromatic carbocycles. The van der Waals surface area contributed by atoms with Crippen molar-refractivity contribution in [1.29, 1.82) is 0 Å². The van der Waals surface area contributed by atoms with Crippen molar-refractivity contribution in [2.24, 2.45) is 0 Å². The Hall–Kier alpha value is 1.39. The van der Waals surface area contributed by atoms with Crippen LogP contribution in [-0.4, -0.2) is 90.1 Å². The van der Waals surface area contributed by atoms with Crippen molar-refractivity contribution in [1.82, 2.24) is 0 Å². The topological polar surface area (TPSA) is 124 Å². The second-order valence-corrected chi connectivity index (χ2v) is 27.0. The van der Waals surface area contributed by atoms with E-state index in [-0.39, 0.29) is 137 Å². The van der Waals surface area contributed by atoms with Gasteiger partial charge in [-0.25, -0.2) is 0 Å². The average Bonchev–Trinajstić information content (AvgIpc) is 3.73. The van der Waals surface area contributed by atoms with E-state index in [9.17, 15) is 24.0 Å². The van der Waals surface area contributed by atoms with Crippen LogP contribution in [0.2, 0.25) is 0 Å². The molecule has 0 atom stereocenters. The minimum Gasteiger partial charge on any atom is -0.481 e. The van der Waals surface area contributed by atoms with E-state index in [4.69, 9.17) is 14.6 Å². The first-order valence-corrected chi connectivity index (χ1v) is 39.9. The number of aliphatic carboxylic acids is 1. The summed E-state index contributed by atoms with van der Waals surface area (Å²) >= 11 is 0. The van der Waals surface area contributed by atoms with E-state index >= 15 is 0 Å². The standard InChI is InChI=1S/C36H70O3.C30H58O3.C14H28O2.Al.Ca.Li.2Zn/c1-3-5-7-9-11-13-15-17-19-21-23-25-27-29-31-33-35(37)39-36(38)34-32-30-28-26-24-22-20-18-16-14-12-10-8-6-4-2;1-3-5-7-9-11-13-14-15-16-17-18-20-22-24-26-28-30(32)33-29(31)27-25-23-21-19-12-10-8-6-4-2;1-2-3-4-5-6-7-8-9-10-11-12-13-14(15)16;;;;;/h3-34H2,1-2H3;3-28H2,1-2H3;2-13H2,1H3,(H,15,16);;;;;/q;;;+3;+2;+1;2*+2. The van der Waals surface area contributed by atoms with E-state index in [0.29, 0.717) is 32.1 Å². The largest absolute Gasteiger partial charge is 3.00 e. The third-order valence-corrected chi connectivity index (χ3v) is 17.9. The van der Waals surface area contributed by atoms with Crippen LogP contribution < -0.4 is 18.9 Å². The van der Waals surface area contributed by atoms with Gasteiger partial charge in [-0.05, 0) is 32.1 Å². The molecule has 8 nitrogen and oxygen atoms in total. The number of rotatable bonds is 70. The van der Waals surface area contributed by atoms with Gasteiger partial charge in [-0.15, -0.1) is 0 Å². The van der Waals surface area contributed by atoms with Crippen LogP contribution in [0.4, 0.5) is 0 Å². The number of carboxylic acids is 1. The Morgan fingerprint density at radius 3 is 0.409 bits per heavy atom. The normalized spacial score (nSPS) is 10.5. The molecule has 0 bridgehead atoms. The molecule has 0 rings (SSSR count). The van der Waals surface area contributed by atoms with E-state index in [0.717, 1.165) is 64.2 Å². The Morgan fingerprint density at radius 2 is 0.301 bits per heavy atom. The Morgan fingerprint density at radius 1 is 0.204 bits per heavy atom. The van der Waals surface area contributed by atoms with Gasteiger partial charge in [0.25, 0.3) is 0 Å². The number of hydrogen-bond acceptors (Lipinski definition) is 7. The van der Waals surface area contributed by atoms with E-state index in [1.165, 1.54) is 353 Å². The molecule has 0 radical (unpaired) electrons. The Bertz CT molecular complexity index is 1370. The van der Waals surface area contributed by atoms with Crippen LogP contribution in [0, 0.1) is 0 Å². The number of unbranched alkanes of at least 4 members (excludes halogenated alkanes) is 60. The van der Waals surface area contributed by atoms with Gasteiger partial charge < -0.3 is 14.6 Å². The summed E-state index contributed by atoms with van der Waals surface area (Å²) in [6, 6.07) is 0. The van der Waals surface area contributed by atoms with Crippen molar-refractivity contribution in [3.05, 3.63) is 0 Å².